The summed E-state index contributed by atoms with van der Waals surface area (Å²) in [5, 5.41) is 3.80. The monoisotopic (exact) mass is 285 g/mol. The first-order valence-corrected chi connectivity index (χ1v) is 7.32. The van der Waals surface area contributed by atoms with Gasteiger partial charge in [-0.2, -0.15) is 0 Å². The van der Waals surface area contributed by atoms with Gasteiger partial charge in [-0.1, -0.05) is 6.08 Å². The van der Waals surface area contributed by atoms with Gasteiger partial charge in [-0.3, -0.25) is 4.79 Å². The van der Waals surface area contributed by atoms with Crippen molar-refractivity contribution in [3.05, 3.63) is 42.2 Å². The van der Waals surface area contributed by atoms with E-state index in [9.17, 15) is 4.79 Å². The van der Waals surface area contributed by atoms with E-state index in [0.29, 0.717) is 12.3 Å². The topological polar surface area (TPSA) is 51.5 Å². The Kier molecular flexibility index (Phi) is 3.95. The van der Waals surface area contributed by atoms with Gasteiger partial charge >= 0.3 is 0 Å². The zero-order valence-corrected chi connectivity index (χ0v) is 12.0. The smallest absolute Gasteiger partial charge is 0.258 e. The molecular weight excluding hydrogens is 266 g/mol. The molecule has 1 aliphatic carbocycles. The lowest BCUT2D eigenvalue weighted by atomic mass is 9.96. The fourth-order valence-electron chi connectivity index (χ4n) is 2.72. The maximum Gasteiger partial charge on any atom is 0.258 e. The van der Waals surface area contributed by atoms with Crippen LogP contribution in [0.25, 0.3) is 11.0 Å². The summed E-state index contributed by atoms with van der Waals surface area (Å²) in [6.07, 6.45) is 6.12. The standard InChI is InChI=1S/C17H19NO3/c1-2-9-18-17(19)11-20-12-7-8-16-14(10-12)13-5-3-4-6-15(13)21-16/h2,7-8,10H,1,3-6,9,11H2,(H,18,19). The number of carbonyl (C=O) groups is 1. The summed E-state index contributed by atoms with van der Waals surface area (Å²) in [5.41, 5.74) is 2.21. The number of fused-ring (bicyclic) bond motifs is 3. The van der Waals surface area contributed by atoms with E-state index in [-0.39, 0.29) is 12.5 Å². The third-order valence-electron chi connectivity index (χ3n) is 3.74. The van der Waals surface area contributed by atoms with E-state index >= 15 is 0 Å². The molecule has 0 unspecified atom stereocenters. The highest BCUT2D eigenvalue weighted by molar-refractivity contribution is 5.84. The van der Waals surface area contributed by atoms with Crippen LogP contribution < -0.4 is 10.1 Å². The number of ether oxygens (including phenoxy) is 1. The van der Waals surface area contributed by atoms with Gasteiger partial charge in [-0.05, 0) is 37.5 Å². The summed E-state index contributed by atoms with van der Waals surface area (Å²) in [7, 11) is 0. The van der Waals surface area contributed by atoms with Crippen LogP contribution in [-0.4, -0.2) is 19.1 Å². The molecule has 0 saturated carbocycles. The highest BCUT2D eigenvalue weighted by Crippen LogP contribution is 2.33. The molecule has 0 atom stereocenters. The van der Waals surface area contributed by atoms with E-state index in [1.807, 2.05) is 18.2 Å². The molecule has 110 valence electrons. The second-order valence-electron chi connectivity index (χ2n) is 5.25. The summed E-state index contributed by atoms with van der Waals surface area (Å²) in [4.78, 5) is 11.5. The van der Waals surface area contributed by atoms with Crippen LogP contribution in [0.2, 0.25) is 0 Å². The van der Waals surface area contributed by atoms with Crippen molar-refractivity contribution in [3.63, 3.8) is 0 Å². The van der Waals surface area contributed by atoms with Crippen molar-refractivity contribution in [2.75, 3.05) is 13.2 Å². The number of furan rings is 1. The van der Waals surface area contributed by atoms with E-state index in [0.717, 1.165) is 29.6 Å². The SMILES string of the molecule is C=CCNC(=O)COc1ccc2oc3c(c2c1)CCCC3. The van der Waals surface area contributed by atoms with E-state index < -0.39 is 0 Å². The fraction of sp³-hybridized carbons (Fsp3) is 0.353. The molecule has 2 aromatic rings. The van der Waals surface area contributed by atoms with Crippen molar-refractivity contribution in [2.45, 2.75) is 25.7 Å². The van der Waals surface area contributed by atoms with E-state index in [4.69, 9.17) is 9.15 Å². The molecule has 3 rings (SSSR count). The number of rotatable bonds is 5. The molecule has 0 spiro atoms. The van der Waals surface area contributed by atoms with Crippen molar-refractivity contribution in [1.29, 1.82) is 0 Å². The van der Waals surface area contributed by atoms with Crippen LogP contribution in [0.4, 0.5) is 0 Å². The molecule has 1 N–H and O–H groups in total. The Morgan fingerprint density at radius 1 is 1.38 bits per heavy atom. The Morgan fingerprint density at radius 2 is 2.24 bits per heavy atom. The number of carbonyl (C=O) groups excluding carboxylic acids is 1. The second kappa shape index (κ2) is 6.04. The van der Waals surface area contributed by atoms with Crippen molar-refractivity contribution in [2.24, 2.45) is 0 Å². The zero-order chi connectivity index (χ0) is 14.7. The first kappa shape index (κ1) is 13.7. The first-order valence-electron chi connectivity index (χ1n) is 7.32. The van der Waals surface area contributed by atoms with Gasteiger partial charge in [-0.15, -0.1) is 6.58 Å². The lowest BCUT2D eigenvalue weighted by molar-refractivity contribution is -0.122. The molecule has 0 saturated heterocycles. The van der Waals surface area contributed by atoms with Crippen molar-refractivity contribution in [3.8, 4) is 5.75 Å². The average Bonchev–Trinajstić information content (AvgIpc) is 2.89. The fourth-order valence-corrected chi connectivity index (χ4v) is 2.72. The highest BCUT2D eigenvalue weighted by Gasteiger charge is 2.18. The maximum absolute atomic E-state index is 11.5. The largest absolute Gasteiger partial charge is 0.484 e. The predicted molar refractivity (Wildman–Crippen MR) is 81.6 cm³/mol. The van der Waals surface area contributed by atoms with E-state index in [1.54, 1.807) is 6.08 Å². The quantitative estimate of drug-likeness (QED) is 0.859. The van der Waals surface area contributed by atoms with Gasteiger partial charge in [0, 0.05) is 23.9 Å². The molecule has 4 heteroatoms. The van der Waals surface area contributed by atoms with Gasteiger partial charge in [0.15, 0.2) is 6.61 Å². The summed E-state index contributed by atoms with van der Waals surface area (Å²) >= 11 is 0. The zero-order valence-electron chi connectivity index (χ0n) is 12.0. The van der Waals surface area contributed by atoms with Crippen LogP contribution in [0, 0.1) is 0 Å². The van der Waals surface area contributed by atoms with Gasteiger partial charge in [0.05, 0.1) is 0 Å². The van der Waals surface area contributed by atoms with Crippen LogP contribution in [0.15, 0.2) is 35.3 Å². The van der Waals surface area contributed by atoms with Gasteiger partial charge in [0.1, 0.15) is 17.1 Å². The molecule has 21 heavy (non-hydrogen) atoms. The van der Waals surface area contributed by atoms with Gasteiger partial charge in [0.2, 0.25) is 0 Å². The molecule has 0 bridgehead atoms. The summed E-state index contributed by atoms with van der Waals surface area (Å²) in [6, 6.07) is 5.74. The number of hydrogen-bond donors (Lipinski definition) is 1. The van der Waals surface area contributed by atoms with Gasteiger partial charge < -0.3 is 14.5 Å². The van der Waals surface area contributed by atoms with Crippen LogP contribution in [-0.2, 0) is 17.6 Å². The Bertz CT molecular complexity index is 672. The molecule has 4 nitrogen and oxygen atoms in total. The second-order valence-corrected chi connectivity index (χ2v) is 5.25. The molecule has 1 heterocycles. The van der Waals surface area contributed by atoms with Crippen LogP contribution in [0.1, 0.15) is 24.2 Å². The average molecular weight is 285 g/mol. The third kappa shape index (κ3) is 2.94. The lowest BCUT2D eigenvalue weighted by Gasteiger charge is -2.09. The minimum Gasteiger partial charge on any atom is -0.484 e. The third-order valence-corrected chi connectivity index (χ3v) is 3.74. The molecule has 1 aromatic heterocycles. The molecule has 0 fully saturated rings. The highest BCUT2D eigenvalue weighted by atomic mass is 16.5. The molecule has 1 aromatic carbocycles. The van der Waals surface area contributed by atoms with Gasteiger partial charge in [0.25, 0.3) is 5.91 Å². The minimum atomic E-state index is -0.149. The van der Waals surface area contributed by atoms with Crippen LogP contribution in [0.3, 0.4) is 0 Å². The van der Waals surface area contributed by atoms with Crippen molar-refractivity contribution in [1.82, 2.24) is 5.32 Å². The Morgan fingerprint density at radius 3 is 3.10 bits per heavy atom. The Balaban J connectivity index is 1.74. The molecular formula is C17H19NO3. The maximum atomic E-state index is 11.5. The number of aryl methyl sites for hydroxylation is 2. The molecule has 0 radical (unpaired) electrons. The lowest BCUT2D eigenvalue weighted by Crippen LogP contribution is -2.28. The van der Waals surface area contributed by atoms with E-state index in [1.165, 1.54) is 18.4 Å². The van der Waals surface area contributed by atoms with Gasteiger partial charge in [-0.25, -0.2) is 0 Å². The predicted octanol–water partition coefficient (Wildman–Crippen LogP) is 2.99. The number of benzene rings is 1. The number of nitrogens with one attached hydrogen (secondary N) is 1. The normalized spacial score (nSPS) is 13.7. The van der Waals surface area contributed by atoms with Crippen molar-refractivity contribution < 1.29 is 13.9 Å². The molecule has 1 amide bonds. The Labute approximate surface area is 123 Å². The molecule has 0 aliphatic heterocycles. The van der Waals surface area contributed by atoms with E-state index in [2.05, 4.69) is 11.9 Å². The van der Waals surface area contributed by atoms with Crippen LogP contribution in [0.5, 0.6) is 5.75 Å². The number of hydrogen-bond acceptors (Lipinski definition) is 3. The summed E-state index contributed by atoms with van der Waals surface area (Å²) < 4.78 is 11.4. The van der Waals surface area contributed by atoms with Crippen molar-refractivity contribution >= 4 is 16.9 Å². The van der Waals surface area contributed by atoms with Crippen LogP contribution >= 0.6 is 0 Å². The minimum absolute atomic E-state index is 0.0133. The molecule has 1 aliphatic rings. The summed E-state index contributed by atoms with van der Waals surface area (Å²) in [5.74, 6) is 1.66. The Hall–Kier alpha value is -2.23. The summed E-state index contributed by atoms with van der Waals surface area (Å²) in [6.45, 7) is 4.02. The number of amides is 1. The first-order chi connectivity index (χ1) is 10.3.